The Morgan fingerprint density at radius 3 is 2.83 bits per heavy atom. The number of hydrogen-bond donors (Lipinski definition) is 1. The van der Waals surface area contributed by atoms with E-state index in [1.807, 2.05) is 29.2 Å². The maximum absolute atomic E-state index is 12.7. The molecule has 1 N–H and O–H groups in total. The number of anilines is 1. The van der Waals surface area contributed by atoms with Crippen molar-refractivity contribution in [2.24, 2.45) is 0 Å². The molecular formula is C19H22N2O2. The van der Waals surface area contributed by atoms with Gasteiger partial charge in [-0.2, -0.15) is 0 Å². The van der Waals surface area contributed by atoms with Gasteiger partial charge in [0.15, 0.2) is 0 Å². The molecule has 2 amide bonds. The third-order valence-corrected chi connectivity index (χ3v) is 4.29. The average Bonchev–Trinajstić information content (AvgIpc) is 3.05. The van der Waals surface area contributed by atoms with Gasteiger partial charge in [0, 0.05) is 6.54 Å². The normalized spacial score (nSPS) is 17.1. The quantitative estimate of drug-likeness (QED) is 0.914. The molecule has 1 heterocycles. The van der Waals surface area contributed by atoms with Gasteiger partial charge in [-0.15, -0.1) is 0 Å². The third kappa shape index (κ3) is 3.31. The average molecular weight is 310 g/mol. The number of benzene rings is 2. The summed E-state index contributed by atoms with van der Waals surface area (Å²) in [5.74, 6) is 0.673. The number of nitrogens with one attached hydrogen (secondary N) is 1. The molecule has 1 saturated heterocycles. The van der Waals surface area contributed by atoms with Gasteiger partial charge in [-0.25, -0.2) is 4.79 Å². The number of aryl methyl sites for hydroxylation is 1. The molecule has 1 atom stereocenters. The van der Waals surface area contributed by atoms with Crippen molar-refractivity contribution in [3.63, 3.8) is 0 Å². The topological polar surface area (TPSA) is 41.6 Å². The molecule has 23 heavy (non-hydrogen) atoms. The summed E-state index contributed by atoms with van der Waals surface area (Å²) in [5, 5.41) is 2.98. The highest BCUT2D eigenvalue weighted by atomic mass is 16.5. The molecule has 1 fully saturated rings. The fourth-order valence-electron chi connectivity index (χ4n) is 3.17. The van der Waals surface area contributed by atoms with Gasteiger partial charge in [0.25, 0.3) is 0 Å². The Labute approximate surface area is 137 Å². The molecule has 3 rings (SSSR count). The number of hydrogen-bond acceptors (Lipinski definition) is 2. The van der Waals surface area contributed by atoms with Gasteiger partial charge >= 0.3 is 6.03 Å². The first-order valence-electron chi connectivity index (χ1n) is 7.96. The number of nitrogens with zero attached hydrogens (tertiary/aromatic N) is 1. The Balaban J connectivity index is 1.78. The third-order valence-electron chi connectivity index (χ3n) is 4.29. The number of ether oxygens (including phenoxy) is 1. The Morgan fingerprint density at radius 2 is 2.04 bits per heavy atom. The van der Waals surface area contributed by atoms with Crippen LogP contribution in [0.5, 0.6) is 5.75 Å². The minimum absolute atomic E-state index is 0.0708. The van der Waals surface area contributed by atoms with Crippen molar-refractivity contribution in [3.8, 4) is 5.75 Å². The van der Waals surface area contributed by atoms with Crippen molar-refractivity contribution in [3.05, 3.63) is 59.7 Å². The van der Waals surface area contributed by atoms with Crippen molar-refractivity contribution >= 4 is 11.7 Å². The Morgan fingerprint density at radius 1 is 1.22 bits per heavy atom. The van der Waals surface area contributed by atoms with E-state index in [4.69, 9.17) is 4.74 Å². The lowest BCUT2D eigenvalue weighted by molar-refractivity contribution is 0.207. The Kier molecular flexibility index (Phi) is 4.51. The van der Waals surface area contributed by atoms with Crippen LogP contribution in [-0.4, -0.2) is 24.6 Å². The molecule has 120 valence electrons. The summed E-state index contributed by atoms with van der Waals surface area (Å²) in [5.41, 5.74) is 3.13. The van der Waals surface area contributed by atoms with Crippen LogP contribution in [0.3, 0.4) is 0 Å². The molecule has 0 aromatic heterocycles. The molecule has 0 bridgehead atoms. The summed E-state index contributed by atoms with van der Waals surface area (Å²) in [6.07, 6.45) is 2.03. The van der Waals surface area contributed by atoms with Gasteiger partial charge in [-0.1, -0.05) is 42.0 Å². The van der Waals surface area contributed by atoms with Crippen LogP contribution in [0.15, 0.2) is 48.5 Å². The number of carbonyl (C=O) groups is 1. The van der Waals surface area contributed by atoms with E-state index in [2.05, 4.69) is 36.5 Å². The first-order chi connectivity index (χ1) is 11.2. The molecule has 1 aliphatic heterocycles. The molecule has 0 aliphatic carbocycles. The van der Waals surface area contributed by atoms with Crippen LogP contribution in [0, 0.1) is 6.92 Å². The van der Waals surface area contributed by atoms with Crippen LogP contribution in [0.25, 0.3) is 0 Å². The van der Waals surface area contributed by atoms with Gasteiger partial charge in [0.1, 0.15) is 5.75 Å². The molecule has 2 aromatic carbocycles. The summed E-state index contributed by atoms with van der Waals surface area (Å²) in [6.45, 7) is 2.86. The first kappa shape index (κ1) is 15.4. The van der Waals surface area contributed by atoms with E-state index in [0.29, 0.717) is 11.4 Å². The van der Waals surface area contributed by atoms with Gasteiger partial charge in [-0.3, -0.25) is 0 Å². The zero-order chi connectivity index (χ0) is 16.2. The minimum atomic E-state index is -0.0708. The minimum Gasteiger partial charge on any atom is -0.495 e. The summed E-state index contributed by atoms with van der Waals surface area (Å²) in [4.78, 5) is 14.6. The predicted octanol–water partition coefficient (Wildman–Crippen LogP) is 4.37. The second kappa shape index (κ2) is 6.73. The molecule has 0 spiro atoms. The van der Waals surface area contributed by atoms with E-state index in [0.717, 1.165) is 19.4 Å². The summed E-state index contributed by atoms with van der Waals surface area (Å²) >= 11 is 0. The van der Waals surface area contributed by atoms with Crippen LogP contribution in [-0.2, 0) is 0 Å². The lowest BCUT2D eigenvalue weighted by Gasteiger charge is -2.26. The van der Waals surface area contributed by atoms with E-state index in [1.54, 1.807) is 7.11 Å². The van der Waals surface area contributed by atoms with E-state index >= 15 is 0 Å². The smallest absolute Gasteiger partial charge is 0.322 e. The van der Waals surface area contributed by atoms with Crippen LogP contribution >= 0.6 is 0 Å². The molecule has 0 unspecified atom stereocenters. The molecule has 4 nitrogen and oxygen atoms in total. The highest BCUT2D eigenvalue weighted by Gasteiger charge is 2.30. The first-order valence-corrected chi connectivity index (χ1v) is 7.96. The van der Waals surface area contributed by atoms with Gasteiger partial charge < -0.3 is 15.0 Å². The van der Waals surface area contributed by atoms with Crippen LogP contribution in [0.2, 0.25) is 0 Å². The lowest BCUT2D eigenvalue weighted by Crippen LogP contribution is -2.34. The van der Waals surface area contributed by atoms with Crippen molar-refractivity contribution < 1.29 is 9.53 Å². The van der Waals surface area contributed by atoms with E-state index in [-0.39, 0.29) is 12.1 Å². The SMILES string of the molecule is COc1ccccc1NC(=O)N1CCC[C@@H]1c1cccc(C)c1. The molecule has 0 saturated carbocycles. The zero-order valence-corrected chi connectivity index (χ0v) is 13.6. The fourth-order valence-corrected chi connectivity index (χ4v) is 3.17. The summed E-state index contributed by atoms with van der Waals surface area (Å²) < 4.78 is 5.30. The van der Waals surface area contributed by atoms with E-state index < -0.39 is 0 Å². The number of likely N-dealkylation sites (tertiary alicyclic amines) is 1. The van der Waals surface area contributed by atoms with Crippen molar-refractivity contribution in [2.45, 2.75) is 25.8 Å². The lowest BCUT2D eigenvalue weighted by atomic mass is 10.0. The number of carbonyl (C=O) groups excluding carboxylic acids is 1. The zero-order valence-electron chi connectivity index (χ0n) is 13.6. The van der Waals surface area contributed by atoms with Crippen LogP contribution in [0.1, 0.15) is 30.0 Å². The maximum Gasteiger partial charge on any atom is 0.322 e. The van der Waals surface area contributed by atoms with Crippen molar-refractivity contribution in [1.29, 1.82) is 0 Å². The van der Waals surface area contributed by atoms with Crippen LogP contribution < -0.4 is 10.1 Å². The number of para-hydroxylation sites is 2. The molecule has 0 radical (unpaired) electrons. The highest BCUT2D eigenvalue weighted by Crippen LogP contribution is 2.33. The number of amides is 2. The standard InChI is InChI=1S/C19H22N2O2/c1-14-7-5-8-15(13-14)17-10-6-12-21(17)19(22)20-16-9-3-4-11-18(16)23-2/h3-5,7-9,11,13,17H,6,10,12H2,1-2H3,(H,20,22)/t17-/m1/s1. The van der Waals surface area contributed by atoms with Crippen LogP contribution in [0.4, 0.5) is 10.5 Å². The molecular weight excluding hydrogens is 288 g/mol. The molecule has 4 heteroatoms. The fraction of sp³-hybridized carbons (Fsp3) is 0.316. The predicted molar refractivity (Wildman–Crippen MR) is 91.9 cm³/mol. The van der Waals surface area contributed by atoms with Crippen molar-refractivity contribution in [1.82, 2.24) is 4.90 Å². The highest BCUT2D eigenvalue weighted by molar-refractivity contribution is 5.91. The number of urea groups is 1. The molecule has 2 aromatic rings. The summed E-state index contributed by atoms with van der Waals surface area (Å²) in [6, 6.07) is 16.0. The van der Waals surface area contributed by atoms with E-state index in [9.17, 15) is 4.79 Å². The summed E-state index contributed by atoms with van der Waals surface area (Å²) in [7, 11) is 1.61. The number of methoxy groups -OCH3 is 1. The van der Waals surface area contributed by atoms with Crippen molar-refractivity contribution in [2.75, 3.05) is 19.0 Å². The van der Waals surface area contributed by atoms with E-state index in [1.165, 1.54) is 11.1 Å². The van der Waals surface area contributed by atoms with Gasteiger partial charge in [-0.05, 0) is 37.5 Å². The monoisotopic (exact) mass is 310 g/mol. The second-order valence-corrected chi connectivity index (χ2v) is 5.90. The Bertz CT molecular complexity index is 699. The largest absolute Gasteiger partial charge is 0.495 e. The van der Waals surface area contributed by atoms with Gasteiger partial charge in [0.05, 0.1) is 18.8 Å². The number of rotatable bonds is 3. The second-order valence-electron chi connectivity index (χ2n) is 5.90. The Hall–Kier alpha value is -2.49. The van der Waals surface area contributed by atoms with Gasteiger partial charge in [0.2, 0.25) is 0 Å². The molecule has 1 aliphatic rings. The maximum atomic E-state index is 12.7.